The number of hydrogen-bond acceptors (Lipinski definition) is 8. The van der Waals surface area contributed by atoms with Gasteiger partial charge in [-0.15, -0.1) is 0 Å². The van der Waals surface area contributed by atoms with E-state index in [0.717, 1.165) is 0 Å². The van der Waals surface area contributed by atoms with Crippen LogP contribution in [0.2, 0.25) is 10.3 Å². The molecule has 0 bridgehead atoms. The standard InChI is InChI=1S/C11H8Cl2N4O3S.H3NO2S/c12-7-5-4-6(10(13)15-7)11(18)17-21(19,20)9-3-1-2-8(14)16-9;1-4(2)3/h1-5H,(H2,14,16)(H,17,18);1H2,(H,2,3)/p-1. The number of anilines is 1. The van der Waals surface area contributed by atoms with Gasteiger partial charge < -0.3 is 10.3 Å². The summed E-state index contributed by atoms with van der Waals surface area (Å²) >= 11 is 8.98. The predicted molar refractivity (Wildman–Crippen MR) is 90.7 cm³/mol. The van der Waals surface area contributed by atoms with Crippen LogP contribution in [0.3, 0.4) is 0 Å². The van der Waals surface area contributed by atoms with Crippen LogP contribution in [0.4, 0.5) is 5.82 Å². The molecule has 0 fully saturated rings. The zero-order valence-electron chi connectivity index (χ0n) is 12.0. The van der Waals surface area contributed by atoms with Crippen LogP contribution in [-0.4, -0.2) is 33.1 Å². The van der Waals surface area contributed by atoms with E-state index in [1.54, 1.807) is 0 Å². The number of pyridine rings is 2. The van der Waals surface area contributed by atoms with Gasteiger partial charge in [0.1, 0.15) is 16.1 Å². The zero-order valence-corrected chi connectivity index (χ0v) is 15.2. The molecule has 1 atom stereocenters. The number of rotatable bonds is 3. The molecule has 0 saturated heterocycles. The van der Waals surface area contributed by atoms with Crippen molar-refractivity contribution in [3.05, 3.63) is 46.2 Å². The van der Waals surface area contributed by atoms with Crippen LogP contribution in [0.15, 0.2) is 35.4 Å². The van der Waals surface area contributed by atoms with Crippen molar-refractivity contribution in [2.75, 3.05) is 5.73 Å². The summed E-state index contributed by atoms with van der Waals surface area (Å²) in [6, 6.07) is 6.59. The van der Waals surface area contributed by atoms with Gasteiger partial charge in [-0.05, 0) is 24.3 Å². The second-order valence-corrected chi connectivity index (χ2v) is 6.96. The van der Waals surface area contributed by atoms with Crippen molar-refractivity contribution in [1.29, 1.82) is 0 Å². The molecule has 1 unspecified atom stereocenters. The summed E-state index contributed by atoms with van der Waals surface area (Å²) < 4.78 is 43.4. The fourth-order valence-electron chi connectivity index (χ4n) is 1.39. The minimum Gasteiger partial charge on any atom is -0.760 e. The molecule has 0 spiro atoms. The summed E-state index contributed by atoms with van der Waals surface area (Å²) in [7, 11) is -4.17. The SMILES string of the molecule is NS(=O)[O-].Nc1cccc(S(=O)(=O)NC(=O)c2ccc(Cl)nc2Cl)n1. The van der Waals surface area contributed by atoms with Crippen LogP contribution in [0.1, 0.15) is 10.4 Å². The van der Waals surface area contributed by atoms with E-state index in [1.165, 1.54) is 30.3 Å². The van der Waals surface area contributed by atoms with E-state index >= 15 is 0 Å². The number of nitrogens with one attached hydrogen (secondary N) is 1. The summed E-state index contributed by atoms with van der Waals surface area (Å²) in [6.45, 7) is 0. The number of carbonyl (C=O) groups is 1. The number of carbonyl (C=O) groups excluding carboxylic acids is 1. The Kier molecular flexibility index (Phi) is 7.66. The van der Waals surface area contributed by atoms with E-state index in [9.17, 15) is 13.2 Å². The van der Waals surface area contributed by atoms with E-state index in [2.05, 4.69) is 15.1 Å². The van der Waals surface area contributed by atoms with Gasteiger partial charge in [0, 0.05) is 11.3 Å². The van der Waals surface area contributed by atoms with Crippen LogP contribution >= 0.6 is 23.2 Å². The lowest BCUT2D eigenvalue weighted by atomic mass is 10.3. The highest BCUT2D eigenvalue weighted by atomic mass is 35.5. The van der Waals surface area contributed by atoms with E-state index in [-0.39, 0.29) is 26.7 Å². The molecular weight excluding hydrogens is 417 g/mol. The monoisotopic (exact) mass is 426 g/mol. The Morgan fingerprint density at radius 3 is 2.32 bits per heavy atom. The third kappa shape index (κ3) is 6.89. The fourth-order valence-corrected chi connectivity index (χ4v) is 2.76. The van der Waals surface area contributed by atoms with Gasteiger partial charge in [0.05, 0.1) is 5.56 Å². The van der Waals surface area contributed by atoms with Gasteiger partial charge in [-0.3, -0.25) is 14.1 Å². The number of nitrogens with two attached hydrogens (primary N) is 2. The molecule has 2 aromatic heterocycles. The first-order chi connectivity index (χ1) is 11.5. The number of halogens is 2. The van der Waals surface area contributed by atoms with Gasteiger partial charge in [-0.1, -0.05) is 29.3 Å². The summed E-state index contributed by atoms with van der Waals surface area (Å²) in [4.78, 5) is 19.2. The summed E-state index contributed by atoms with van der Waals surface area (Å²) in [5, 5.41) is 3.52. The Morgan fingerprint density at radius 2 is 1.80 bits per heavy atom. The molecule has 2 rings (SSSR count). The zero-order chi connectivity index (χ0) is 19.2. The van der Waals surface area contributed by atoms with Crippen molar-refractivity contribution in [3.8, 4) is 0 Å². The average molecular weight is 427 g/mol. The van der Waals surface area contributed by atoms with Crippen LogP contribution in [-0.2, 0) is 21.3 Å². The van der Waals surface area contributed by atoms with Gasteiger partial charge in [0.2, 0.25) is 0 Å². The molecule has 1 amide bonds. The number of amides is 1. The molecule has 0 aliphatic rings. The second kappa shape index (κ2) is 9.03. The lowest BCUT2D eigenvalue weighted by Crippen LogP contribution is -2.31. The molecule has 14 heteroatoms. The minimum atomic E-state index is -4.17. The number of nitrogen functional groups attached to an aromatic ring is 1. The highest BCUT2D eigenvalue weighted by molar-refractivity contribution is 7.90. The first-order valence-corrected chi connectivity index (χ1v) is 9.36. The van der Waals surface area contributed by atoms with Crippen molar-refractivity contribution in [2.45, 2.75) is 5.03 Å². The van der Waals surface area contributed by atoms with Crippen LogP contribution in [0, 0.1) is 0 Å². The maximum atomic E-state index is 12.0. The highest BCUT2D eigenvalue weighted by Crippen LogP contribution is 2.17. The lowest BCUT2D eigenvalue weighted by Gasteiger charge is -2.07. The molecule has 0 aliphatic heterocycles. The predicted octanol–water partition coefficient (Wildman–Crippen LogP) is 0.224. The van der Waals surface area contributed by atoms with Crippen molar-refractivity contribution >= 4 is 56.2 Å². The molecule has 5 N–H and O–H groups in total. The third-order valence-electron chi connectivity index (χ3n) is 2.31. The third-order valence-corrected chi connectivity index (χ3v) is 4.04. The molecule has 2 aromatic rings. The largest absolute Gasteiger partial charge is 0.760 e. The van der Waals surface area contributed by atoms with E-state index in [4.69, 9.17) is 37.7 Å². The minimum absolute atomic E-state index is 0.0107. The fraction of sp³-hybridized carbons (Fsp3) is 0. The van der Waals surface area contributed by atoms with Crippen molar-refractivity contribution in [3.63, 3.8) is 0 Å². The Bertz CT molecular complexity index is 905. The summed E-state index contributed by atoms with van der Waals surface area (Å²) in [5.41, 5.74) is 5.27. The Labute approximate surface area is 155 Å². The molecule has 0 aliphatic carbocycles. The van der Waals surface area contributed by atoms with Crippen LogP contribution in [0.25, 0.3) is 0 Å². The number of hydrogen-bond donors (Lipinski definition) is 3. The van der Waals surface area contributed by atoms with E-state index in [0.29, 0.717) is 0 Å². The second-order valence-electron chi connectivity index (χ2n) is 4.07. The molecule has 2 heterocycles. The maximum Gasteiger partial charge on any atom is 0.281 e. The molecule has 0 aromatic carbocycles. The first-order valence-electron chi connectivity index (χ1n) is 5.98. The Balaban J connectivity index is 0.000000705. The van der Waals surface area contributed by atoms with Gasteiger partial charge >= 0.3 is 0 Å². The number of nitrogens with zero attached hydrogens (tertiary/aromatic N) is 2. The summed E-state index contributed by atoms with van der Waals surface area (Å²) in [6.07, 6.45) is 0. The molecule has 0 radical (unpaired) electrons. The Hall–Kier alpha value is -1.83. The smallest absolute Gasteiger partial charge is 0.281 e. The van der Waals surface area contributed by atoms with E-state index in [1.807, 2.05) is 4.72 Å². The maximum absolute atomic E-state index is 12.0. The summed E-state index contributed by atoms with van der Waals surface area (Å²) in [5.74, 6) is -0.940. The molecular formula is C11H10Cl2N5O5S2-. The molecule has 10 nitrogen and oxygen atoms in total. The first kappa shape index (κ1) is 21.2. The van der Waals surface area contributed by atoms with Gasteiger partial charge in [0.15, 0.2) is 5.03 Å². The number of sulfonamides is 1. The molecule has 25 heavy (non-hydrogen) atoms. The normalized spacial score (nSPS) is 11.8. The highest BCUT2D eigenvalue weighted by Gasteiger charge is 2.22. The van der Waals surface area contributed by atoms with Crippen LogP contribution in [0.5, 0.6) is 0 Å². The lowest BCUT2D eigenvalue weighted by molar-refractivity contribution is 0.0981. The van der Waals surface area contributed by atoms with Gasteiger partial charge in [-0.25, -0.2) is 14.7 Å². The van der Waals surface area contributed by atoms with Crippen molar-refractivity contribution < 1.29 is 22.0 Å². The molecule has 136 valence electrons. The average Bonchev–Trinajstić information content (AvgIpc) is 2.46. The van der Waals surface area contributed by atoms with Gasteiger partial charge in [0.25, 0.3) is 15.9 Å². The van der Waals surface area contributed by atoms with Crippen molar-refractivity contribution in [1.82, 2.24) is 14.7 Å². The quantitative estimate of drug-likeness (QED) is 0.459. The van der Waals surface area contributed by atoms with Gasteiger partial charge in [-0.2, -0.15) is 8.42 Å². The van der Waals surface area contributed by atoms with Crippen molar-refractivity contribution in [2.24, 2.45) is 5.14 Å². The molecule has 0 saturated carbocycles. The topological polar surface area (TPSA) is 181 Å². The number of aromatic nitrogens is 2. The van der Waals surface area contributed by atoms with Crippen LogP contribution < -0.4 is 15.6 Å². The van der Waals surface area contributed by atoms with E-state index < -0.39 is 27.2 Å². The Morgan fingerprint density at radius 1 is 1.20 bits per heavy atom.